The van der Waals surface area contributed by atoms with Crippen LogP contribution in [-0.2, 0) is 6.42 Å². The van der Waals surface area contributed by atoms with Crippen LogP contribution in [0.3, 0.4) is 0 Å². The summed E-state index contributed by atoms with van der Waals surface area (Å²) in [5.41, 5.74) is 3.24. The van der Waals surface area contributed by atoms with E-state index in [1.807, 2.05) is 18.2 Å². The zero-order valence-corrected chi connectivity index (χ0v) is 14.7. The Balaban J connectivity index is 1.91. The van der Waals surface area contributed by atoms with E-state index in [0.717, 1.165) is 10.9 Å². The predicted octanol–water partition coefficient (Wildman–Crippen LogP) is 4.48. The second-order valence-electron chi connectivity index (χ2n) is 5.72. The van der Waals surface area contributed by atoms with Gasteiger partial charge in [-0.1, -0.05) is 41.4 Å². The van der Waals surface area contributed by atoms with E-state index < -0.39 is 0 Å². The van der Waals surface area contributed by atoms with Gasteiger partial charge in [0.1, 0.15) is 11.0 Å². The van der Waals surface area contributed by atoms with Crippen molar-refractivity contribution in [3.8, 4) is 0 Å². The number of fused-ring (bicyclic) bond motifs is 3. The number of aryl methyl sites for hydroxylation is 1. The molecule has 0 N–H and O–H groups in total. The van der Waals surface area contributed by atoms with Crippen molar-refractivity contribution in [1.29, 1.82) is 0 Å². The molecule has 0 bridgehead atoms. The number of benzene rings is 2. The molecule has 25 heavy (non-hydrogen) atoms. The highest BCUT2D eigenvalue weighted by molar-refractivity contribution is 6.32. The van der Waals surface area contributed by atoms with Crippen molar-refractivity contribution in [3.05, 3.63) is 63.8 Å². The van der Waals surface area contributed by atoms with Crippen molar-refractivity contribution < 1.29 is 4.79 Å². The van der Waals surface area contributed by atoms with Crippen LogP contribution in [0.15, 0.2) is 42.5 Å². The van der Waals surface area contributed by atoms with Gasteiger partial charge in [0.15, 0.2) is 0 Å². The Morgan fingerprint density at radius 3 is 2.72 bits per heavy atom. The summed E-state index contributed by atoms with van der Waals surface area (Å²) in [6, 6.07) is 12.6. The summed E-state index contributed by atoms with van der Waals surface area (Å²) in [6.45, 7) is 1.80. The van der Waals surface area contributed by atoms with Crippen LogP contribution in [0.1, 0.15) is 16.1 Å². The molecule has 0 aliphatic rings. The Morgan fingerprint density at radius 2 is 1.92 bits per heavy atom. The fourth-order valence-corrected chi connectivity index (χ4v) is 3.20. The van der Waals surface area contributed by atoms with Crippen molar-refractivity contribution in [2.24, 2.45) is 0 Å². The minimum Gasteiger partial charge on any atom is -0.272 e. The monoisotopic (exact) mass is 370 g/mol. The Kier molecular flexibility index (Phi) is 3.90. The third-order valence-electron chi connectivity index (χ3n) is 4.04. The normalized spacial score (nSPS) is 11.3. The number of hydrogen-bond acceptors (Lipinski definition) is 4. The molecule has 2 heterocycles. The molecule has 0 spiro atoms. The van der Waals surface area contributed by atoms with Crippen molar-refractivity contribution in [2.45, 2.75) is 13.3 Å². The van der Waals surface area contributed by atoms with Crippen molar-refractivity contribution in [2.75, 3.05) is 0 Å². The van der Waals surface area contributed by atoms with Crippen LogP contribution in [0.5, 0.6) is 0 Å². The topological polar surface area (TPSA) is 60.7 Å². The zero-order chi connectivity index (χ0) is 17.6. The quantitative estimate of drug-likeness (QED) is 0.521. The average molecular weight is 371 g/mol. The Labute approximate surface area is 153 Å². The summed E-state index contributed by atoms with van der Waals surface area (Å²) in [5, 5.41) is 14.6. The second-order valence-corrected chi connectivity index (χ2v) is 6.56. The largest absolute Gasteiger partial charge is 0.272 e. The van der Waals surface area contributed by atoms with E-state index in [0.29, 0.717) is 32.3 Å². The van der Waals surface area contributed by atoms with Crippen molar-refractivity contribution in [1.82, 2.24) is 20.0 Å². The molecule has 0 fully saturated rings. The van der Waals surface area contributed by atoms with E-state index in [-0.39, 0.29) is 12.3 Å². The number of halogens is 2. The molecular weight excluding hydrogens is 359 g/mol. The molecule has 4 rings (SSSR count). The van der Waals surface area contributed by atoms with Gasteiger partial charge < -0.3 is 0 Å². The lowest BCUT2D eigenvalue weighted by molar-refractivity contribution is 0.0904. The standard InChI is InChI=1S/C18H12Cl2N4O/c1-10-17-18(13-9-12(19)6-7-15(13)21-22-17)24(23-10)16(25)8-11-4-2-3-5-14(11)20/h2-7,9H,8H2,1H3. The molecule has 0 unspecified atom stereocenters. The van der Waals surface area contributed by atoms with Crippen molar-refractivity contribution >= 4 is 51.0 Å². The van der Waals surface area contributed by atoms with Crippen LogP contribution in [-0.4, -0.2) is 25.9 Å². The summed E-state index contributed by atoms with van der Waals surface area (Å²) >= 11 is 12.3. The highest BCUT2D eigenvalue weighted by Gasteiger charge is 2.19. The summed E-state index contributed by atoms with van der Waals surface area (Å²) < 4.78 is 1.38. The van der Waals surface area contributed by atoms with E-state index in [1.165, 1.54) is 4.68 Å². The van der Waals surface area contributed by atoms with Crippen molar-refractivity contribution in [3.63, 3.8) is 0 Å². The molecule has 5 nitrogen and oxygen atoms in total. The first-order valence-electron chi connectivity index (χ1n) is 7.62. The molecule has 0 radical (unpaired) electrons. The molecule has 2 aromatic heterocycles. The maximum atomic E-state index is 12.9. The van der Waals surface area contributed by atoms with Gasteiger partial charge in [0, 0.05) is 15.4 Å². The minimum absolute atomic E-state index is 0.139. The first-order chi connectivity index (χ1) is 12.0. The van der Waals surface area contributed by atoms with Gasteiger partial charge in [-0.2, -0.15) is 9.78 Å². The average Bonchev–Trinajstić information content (AvgIpc) is 2.94. The lowest BCUT2D eigenvalue weighted by atomic mass is 10.1. The molecule has 0 aliphatic heterocycles. The van der Waals surface area contributed by atoms with Crippen LogP contribution >= 0.6 is 23.2 Å². The van der Waals surface area contributed by atoms with E-state index in [1.54, 1.807) is 31.2 Å². The number of rotatable bonds is 2. The highest BCUT2D eigenvalue weighted by Crippen LogP contribution is 2.27. The molecule has 0 aliphatic carbocycles. The number of aromatic nitrogens is 4. The van der Waals surface area contributed by atoms with E-state index >= 15 is 0 Å². The molecule has 0 saturated carbocycles. The van der Waals surface area contributed by atoms with Gasteiger partial charge >= 0.3 is 0 Å². The van der Waals surface area contributed by atoms with Gasteiger partial charge in [0.2, 0.25) is 0 Å². The first-order valence-corrected chi connectivity index (χ1v) is 8.38. The smallest absolute Gasteiger partial charge is 0.251 e. The summed E-state index contributed by atoms with van der Waals surface area (Å²) in [5.74, 6) is -0.194. The molecule has 2 aromatic carbocycles. The van der Waals surface area contributed by atoms with Gasteiger partial charge in [0.25, 0.3) is 5.91 Å². The molecule has 0 amide bonds. The Hall–Kier alpha value is -2.50. The number of nitrogens with zero attached hydrogens (tertiary/aromatic N) is 4. The summed E-state index contributed by atoms with van der Waals surface area (Å²) in [6.07, 6.45) is 0.139. The Morgan fingerprint density at radius 1 is 1.12 bits per heavy atom. The maximum Gasteiger partial charge on any atom is 0.251 e. The minimum atomic E-state index is -0.194. The van der Waals surface area contributed by atoms with Crippen LogP contribution in [0.2, 0.25) is 10.0 Å². The summed E-state index contributed by atoms with van der Waals surface area (Å²) in [4.78, 5) is 12.9. The van der Waals surface area contributed by atoms with Gasteiger partial charge in [-0.25, -0.2) is 0 Å². The third kappa shape index (κ3) is 2.75. The lowest BCUT2D eigenvalue weighted by Crippen LogP contribution is -2.15. The molecule has 0 atom stereocenters. The van der Waals surface area contributed by atoms with Gasteiger partial charge in [-0.3, -0.25) is 4.79 Å². The van der Waals surface area contributed by atoms with Gasteiger partial charge in [-0.05, 0) is 36.8 Å². The molecule has 4 aromatic rings. The Bertz CT molecular complexity index is 1140. The molecular formula is C18H12Cl2N4O. The van der Waals surface area contributed by atoms with Crippen LogP contribution in [0.4, 0.5) is 0 Å². The van der Waals surface area contributed by atoms with Crippen LogP contribution in [0, 0.1) is 6.92 Å². The van der Waals surface area contributed by atoms with Crippen LogP contribution < -0.4 is 0 Å². The lowest BCUT2D eigenvalue weighted by Gasteiger charge is -2.06. The predicted molar refractivity (Wildman–Crippen MR) is 98.4 cm³/mol. The zero-order valence-electron chi connectivity index (χ0n) is 13.2. The second kappa shape index (κ2) is 6.10. The van der Waals surface area contributed by atoms with Gasteiger partial charge in [0.05, 0.1) is 17.6 Å². The molecule has 124 valence electrons. The summed E-state index contributed by atoms with van der Waals surface area (Å²) in [7, 11) is 0. The van der Waals surface area contributed by atoms with E-state index in [9.17, 15) is 4.79 Å². The SMILES string of the molecule is Cc1nn(C(=O)Cc2ccccc2Cl)c2c1nnc1ccc(Cl)cc12. The van der Waals surface area contributed by atoms with E-state index in [2.05, 4.69) is 15.3 Å². The number of hydrogen-bond donors (Lipinski definition) is 0. The number of carbonyl (C=O) groups is 1. The maximum absolute atomic E-state index is 12.9. The fraction of sp³-hybridized carbons (Fsp3) is 0.111. The fourth-order valence-electron chi connectivity index (χ4n) is 2.83. The first kappa shape index (κ1) is 16.0. The third-order valence-corrected chi connectivity index (χ3v) is 4.64. The van der Waals surface area contributed by atoms with E-state index in [4.69, 9.17) is 23.2 Å². The molecule has 7 heteroatoms. The highest BCUT2D eigenvalue weighted by atomic mass is 35.5. The number of carbonyl (C=O) groups excluding carboxylic acids is 1. The molecule has 0 saturated heterocycles. The van der Waals surface area contributed by atoms with Gasteiger partial charge in [-0.15, -0.1) is 10.2 Å². The van der Waals surface area contributed by atoms with Crippen LogP contribution in [0.25, 0.3) is 21.9 Å².